The van der Waals surface area contributed by atoms with Crippen LogP contribution in [-0.4, -0.2) is 24.0 Å². The van der Waals surface area contributed by atoms with Crippen molar-refractivity contribution in [1.29, 1.82) is 0 Å². The first-order valence-electron chi connectivity index (χ1n) is 7.81. The maximum Gasteiger partial charge on any atom is 0.273 e. The third-order valence-corrected chi connectivity index (χ3v) is 3.68. The molecule has 2 rings (SSSR count). The Bertz CT molecular complexity index is 776. The van der Waals surface area contributed by atoms with Gasteiger partial charge in [-0.15, -0.1) is 0 Å². The van der Waals surface area contributed by atoms with Crippen LogP contribution >= 0.6 is 0 Å². The molecule has 0 radical (unpaired) electrons. The van der Waals surface area contributed by atoms with Crippen LogP contribution < -0.4 is 14.8 Å². The van der Waals surface area contributed by atoms with Crippen molar-refractivity contribution in [2.75, 3.05) is 12.4 Å². The SMILES string of the molecule is CCC(Oc1ccccc1C)C(=O)Nc1ccc([N+](=O)[O-])cc1OC. The first-order valence-corrected chi connectivity index (χ1v) is 7.81. The van der Waals surface area contributed by atoms with Crippen LogP contribution in [0, 0.1) is 17.0 Å². The molecular weight excluding hydrogens is 324 g/mol. The maximum absolute atomic E-state index is 12.5. The summed E-state index contributed by atoms with van der Waals surface area (Å²) < 4.78 is 10.9. The number of nitro benzene ring substituents is 1. The number of ether oxygens (including phenoxy) is 2. The lowest BCUT2D eigenvalue weighted by Gasteiger charge is -2.19. The van der Waals surface area contributed by atoms with Crippen LogP contribution in [0.4, 0.5) is 11.4 Å². The van der Waals surface area contributed by atoms with Gasteiger partial charge in [-0.3, -0.25) is 14.9 Å². The van der Waals surface area contributed by atoms with Gasteiger partial charge in [0.1, 0.15) is 11.5 Å². The number of non-ortho nitro benzene ring substituents is 1. The van der Waals surface area contributed by atoms with Gasteiger partial charge in [-0.05, 0) is 31.0 Å². The summed E-state index contributed by atoms with van der Waals surface area (Å²) in [4.78, 5) is 22.8. The second-order valence-electron chi connectivity index (χ2n) is 5.41. The van der Waals surface area contributed by atoms with Gasteiger partial charge in [0.05, 0.1) is 23.8 Å². The Morgan fingerprint density at radius 2 is 1.96 bits per heavy atom. The molecule has 1 N–H and O–H groups in total. The lowest BCUT2D eigenvalue weighted by Crippen LogP contribution is -2.32. The molecule has 0 aliphatic rings. The van der Waals surface area contributed by atoms with Gasteiger partial charge in [0.15, 0.2) is 6.10 Å². The number of carbonyl (C=O) groups excluding carboxylic acids is 1. The fourth-order valence-corrected chi connectivity index (χ4v) is 2.27. The third kappa shape index (κ3) is 4.47. The van der Waals surface area contributed by atoms with E-state index in [-0.39, 0.29) is 17.3 Å². The number of nitrogens with zero attached hydrogens (tertiary/aromatic N) is 1. The van der Waals surface area contributed by atoms with Crippen molar-refractivity contribution in [2.24, 2.45) is 0 Å². The highest BCUT2D eigenvalue weighted by molar-refractivity contribution is 5.95. The van der Waals surface area contributed by atoms with Crippen LogP contribution in [0.1, 0.15) is 18.9 Å². The number of nitrogens with one attached hydrogen (secondary N) is 1. The minimum absolute atomic E-state index is 0.113. The molecule has 2 aromatic rings. The zero-order chi connectivity index (χ0) is 18.4. The summed E-state index contributed by atoms with van der Waals surface area (Å²) in [5, 5.41) is 13.5. The summed E-state index contributed by atoms with van der Waals surface area (Å²) in [6.45, 7) is 3.74. The normalized spacial score (nSPS) is 11.5. The van der Waals surface area contributed by atoms with Crippen LogP contribution in [0.2, 0.25) is 0 Å². The number of hydrogen-bond acceptors (Lipinski definition) is 5. The van der Waals surface area contributed by atoms with Crippen LogP contribution in [0.3, 0.4) is 0 Å². The quantitative estimate of drug-likeness (QED) is 0.611. The number of nitro groups is 1. The lowest BCUT2D eigenvalue weighted by molar-refractivity contribution is -0.384. The van der Waals surface area contributed by atoms with E-state index < -0.39 is 11.0 Å². The standard InChI is InChI=1S/C18H20N2O5/c1-4-15(25-16-8-6-5-7-12(16)2)18(21)19-14-10-9-13(20(22)23)11-17(14)24-3/h5-11,15H,4H2,1-3H3,(H,19,21). The zero-order valence-electron chi connectivity index (χ0n) is 14.3. The predicted octanol–water partition coefficient (Wildman–Crippen LogP) is 3.71. The second-order valence-corrected chi connectivity index (χ2v) is 5.41. The summed E-state index contributed by atoms with van der Waals surface area (Å²) >= 11 is 0. The van der Waals surface area contributed by atoms with Gasteiger partial charge >= 0.3 is 0 Å². The summed E-state index contributed by atoms with van der Waals surface area (Å²) in [5.74, 6) is 0.506. The summed E-state index contributed by atoms with van der Waals surface area (Å²) in [6.07, 6.45) is -0.226. The highest BCUT2D eigenvalue weighted by atomic mass is 16.6. The number of hydrogen-bond donors (Lipinski definition) is 1. The van der Waals surface area contributed by atoms with E-state index in [2.05, 4.69) is 5.32 Å². The van der Waals surface area contributed by atoms with Crippen molar-refractivity contribution >= 4 is 17.3 Å². The molecule has 0 spiro atoms. The van der Waals surface area contributed by atoms with E-state index in [0.29, 0.717) is 17.9 Å². The van der Waals surface area contributed by atoms with E-state index in [9.17, 15) is 14.9 Å². The Kier molecular flexibility index (Phi) is 5.94. The van der Waals surface area contributed by atoms with Gasteiger partial charge < -0.3 is 14.8 Å². The number of para-hydroxylation sites is 1. The molecule has 132 valence electrons. The van der Waals surface area contributed by atoms with Crippen molar-refractivity contribution in [1.82, 2.24) is 0 Å². The predicted molar refractivity (Wildman–Crippen MR) is 94.2 cm³/mol. The minimum atomic E-state index is -0.694. The van der Waals surface area contributed by atoms with Crippen LogP contribution in [0.15, 0.2) is 42.5 Å². The van der Waals surface area contributed by atoms with E-state index in [1.165, 1.54) is 25.3 Å². The van der Waals surface area contributed by atoms with E-state index in [4.69, 9.17) is 9.47 Å². The van der Waals surface area contributed by atoms with Gasteiger partial charge in [0.25, 0.3) is 11.6 Å². The number of rotatable bonds is 7. The molecule has 0 saturated heterocycles. The van der Waals surface area contributed by atoms with Gasteiger partial charge in [0.2, 0.25) is 0 Å². The van der Waals surface area contributed by atoms with E-state index in [1.807, 2.05) is 32.0 Å². The minimum Gasteiger partial charge on any atom is -0.494 e. The Labute approximate surface area is 145 Å². The highest BCUT2D eigenvalue weighted by Crippen LogP contribution is 2.29. The fourth-order valence-electron chi connectivity index (χ4n) is 2.27. The largest absolute Gasteiger partial charge is 0.494 e. The van der Waals surface area contributed by atoms with Crippen molar-refractivity contribution in [3.05, 3.63) is 58.1 Å². The molecule has 7 heteroatoms. The van der Waals surface area contributed by atoms with E-state index in [0.717, 1.165) is 5.56 Å². The number of methoxy groups -OCH3 is 1. The maximum atomic E-state index is 12.5. The van der Waals surface area contributed by atoms with Crippen molar-refractivity contribution in [2.45, 2.75) is 26.4 Å². The van der Waals surface area contributed by atoms with Gasteiger partial charge in [0, 0.05) is 6.07 Å². The molecule has 1 unspecified atom stereocenters. The average Bonchev–Trinajstić information content (AvgIpc) is 2.61. The molecule has 1 amide bonds. The molecule has 0 aromatic heterocycles. The zero-order valence-corrected chi connectivity index (χ0v) is 14.3. The van der Waals surface area contributed by atoms with E-state index in [1.54, 1.807) is 6.07 Å². The van der Waals surface area contributed by atoms with E-state index >= 15 is 0 Å². The Hall–Kier alpha value is -3.09. The van der Waals surface area contributed by atoms with Gasteiger partial charge in [-0.25, -0.2) is 0 Å². The number of amides is 1. The molecule has 25 heavy (non-hydrogen) atoms. The molecule has 0 fully saturated rings. The Balaban J connectivity index is 2.16. The van der Waals surface area contributed by atoms with Gasteiger partial charge in [-0.2, -0.15) is 0 Å². The van der Waals surface area contributed by atoms with Crippen molar-refractivity contribution < 1.29 is 19.2 Å². The number of aryl methyl sites for hydroxylation is 1. The Morgan fingerprint density at radius 3 is 2.56 bits per heavy atom. The molecule has 0 aliphatic heterocycles. The Morgan fingerprint density at radius 1 is 1.24 bits per heavy atom. The molecule has 0 heterocycles. The summed E-state index contributed by atoms with van der Waals surface area (Å²) in [6, 6.07) is 11.4. The average molecular weight is 344 g/mol. The molecule has 2 aromatic carbocycles. The molecule has 1 atom stereocenters. The molecule has 0 saturated carbocycles. The highest BCUT2D eigenvalue weighted by Gasteiger charge is 2.21. The van der Waals surface area contributed by atoms with Crippen LogP contribution in [0.5, 0.6) is 11.5 Å². The smallest absolute Gasteiger partial charge is 0.273 e. The number of anilines is 1. The molecule has 7 nitrogen and oxygen atoms in total. The topological polar surface area (TPSA) is 90.7 Å². The molecule has 0 bridgehead atoms. The van der Waals surface area contributed by atoms with Crippen LogP contribution in [-0.2, 0) is 4.79 Å². The summed E-state index contributed by atoms with van der Waals surface area (Å²) in [5.41, 5.74) is 1.17. The van der Waals surface area contributed by atoms with Crippen molar-refractivity contribution in [3.63, 3.8) is 0 Å². The summed E-state index contributed by atoms with van der Waals surface area (Å²) in [7, 11) is 1.38. The van der Waals surface area contributed by atoms with Crippen molar-refractivity contribution in [3.8, 4) is 11.5 Å². The first kappa shape index (κ1) is 18.3. The van der Waals surface area contributed by atoms with Gasteiger partial charge in [-0.1, -0.05) is 25.1 Å². The lowest BCUT2D eigenvalue weighted by atomic mass is 10.2. The van der Waals surface area contributed by atoms with Crippen LogP contribution in [0.25, 0.3) is 0 Å². The second kappa shape index (κ2) is 8.14. The number of carbonyl (C=O) groups is 1. The first-order chi connectivity index (χ1) is 12.0. The monoisotopic (exact) mass is 344 g/mol. The number of benzene rings is 2. The molecule has 0 aliphatic carbocycles. The molecular formula is C18H20N2O5. The fraction of sp³-hybridized carbons (Fsp3) is 0.278. The third-order valence-electron chi connectivity index (χ3n) is 3.68.